The molecule has 0 aliphatic carbocycles. The van der Waals surface area contributed by atoms with Gasteiger partial charge < -0.3 is 21.1 Å². The molecular formula is C18H24ClN5O3. The van der Waals surface area contributed by atoms with Gasteiger partial charge in [0.05, 0.1) is 12.6 Å². The number of halogens is 1. The van der Waals surface area contributed by atoms with Crippen molar-refractivity contribution in [1.29, 1.82) is 0 Å². The second-order valence-electron chi connectivity index (χ2n) is 6.15. The van der Waals surface area contributed by atoms with Crippen LogP contribution in [-0.4, -0.2) is 34.4 Å². The summed E-state index contributed by atoms with van der Waals surface area (Å²) >= 11 is 0. The first-order valence-electron chi connectivity index (χ1n) is 8.25. The van der Waals surface area contributed by atoms with E-state index in [0.717, 1.165) is 5.56 Å². The summed E-state index contributed by atoms with van der Waals surface area (Å²) in [5, 5.41) is 5.27. The van der Waals surface area contributed by atoms with Gasteiger partial charge in [0.15, 0.2) is 0 Å². The van der Waals surface area contributed by atoms with E-state index in [1.807, 2.05) is 20.8 Å². The largest absolute Gasteiger partial charge is 0.424 e. The first-order valence-corrected chi connectivity index (χ1v) is 8.25. The summed E-state index contributed by atoms with van der Waals surface area (Å²) in [6.07, 6.45) is 3.17. The van der Waals surface area contributed by atoms with Crippen molar-refractivity contribution in [3.05, 3.63) is 42.2 Å². The Morgan fingerprint density at radius 1 is 1.22 bits per heavy atom. The Morgan fingerprint density at radius 2 is 1.89 bits per heavy atom. The fourth-order valence-corrected chi connectivity index (χ4v) is 2.07. The van der Waals surface area contributed by atoms with E-state index in [9.17, 15) is 9.59 Å². The Hall–Kier alpha value is -2.71. The van der Waals surface area contributed by atoms with Gasteiger partial charge in [0.1, 0.15) is 5.75 Å². The van der Waals surface area contributed by atoms with E-state index in [1.54, 1.807) is 36.7 Å². The first kappa shape index (κ1) is 22.3. The minimum absolute atomic E-state index is 0. The summed E-state index contributed by atoms with van der Waals surface area (Å²) in [6.45, 7) is 5.38. The number of aromatic nitrogens is 2. The Labute approximate surface area is 164 Å². The molecule has 1 atom stereocenters. The number of hydrogen-bond acceptors (Lipinski definition) is 6. The third-order valence-corrected chi connectivity index (χ3v) is 3.67. The highest BCUT2D eigenvalue weighted by Gasteiger charge is 2.17. The Balaban J connectivity index is 0.00000364. The van der Waals surface area contributed by atoms with Gasteiger partial charge >= 0.3 is 6.01 Å². The first-order chi connectivity index (χ1) is 12.4. The molecule has 0 spiro atoms. The van der Waals surface area contributed by atoms with Gasteiger partial charge in [0, 0.05) is 18.1 Å². The average Bonchev–Trinajstić information content (AvgIpc) is 2.62. The fraction of sp³-hybridized carbons (Fsp3) is 0.333. The van der Waals surface area contributed by atoms with Crippen LogP contribution in [0.15, 0.2) is 36.7 Å². The van der Waals surface area contributed by atoms with Crippen LogP contribution in [0.2, 0.25) is 0 Å². The van der Waals surface area contributed by atoms with E-state index in [4.69, 9.17) is 10.5 Å². The summed E-state index contributed by atoms with van der Waals surface area (Å²) in [6, 6.07) is 6.48. The summed E-state index contributed by atoms with van der Waals surface area (Å²) < 4.78 is 5.54. The Kier molecular flexibility index (Phi) is 8.64. The summed E-state index contributed by atoms with van der Waals surface area (Å²) in [5.41, 5.74) is 7.16. The van der Waals surface area contributed by atoms with Crippen LogP contribution in [0.4, 0.5) is 5.69 Å². The third kappa shape index (κ3) is 6.84. The van der Waals surface area contributed by atoms with Crippen molar-refractivity contribution in [3.63, 3.8) is 0 Å². The topological polar surface area (TPSA) is 119 Å². The molecule has 2 amide bonds. The number of nitrogens with zero attached hydrogens (tertiary/aromatic N) is 2. The van der Waals surface area contributed by atoms with Crippen LogP contribution in [0, 0.1) is 12.8 Å². The highest BCUT2D eigenvalue weighted by Crippen LogP contribution is 2.24. The van der Waals surface area contributed by atoms with Crippen molar-refractivity contribution in [2.75, 3.05) is 11.9 Å². The number of benzene rings is 1. The van der Waals surface area contributed by atoms with Gasteiger partial charge in [-0.15, -0.1) is 12.4 Å². The van der Waals surface area contributed by atoms with E-state index in [-0.39, 0.29) is 42.7 Å². The predicted octanol–water partition coefficient (Wildman–Crippen LogP) is 2.04. The van der Waals surface area contributed by atoms with Gasteiger partial charge in [-0.2, -0.15) is 0 Å². The molecule has 1 heterocycles. The van der Waals surface area contributed by atoms with Crippen LogP contribution in [0.3, 0.4) is 0 Å². The third-order valence-electron chi connectivity index (χ3n) is 3.67. The number of amides is 2. The Bertz CT molecular complexity index is 771. The van der Waals surface area contributed by atoms with E-state index in [2.05, 4.69) is 20.6 Å². The van der Waals surface area contributed by atoms with Crippen molar-refractivity contribution in [2.24, 2.45) is 11.7 Å². The molecule has 0 saturated heterocycles. The molecule has 1 aromatic heterocycles. The minimum atomic E-state index is -0.638. The Morgan fingerprint density at radius 3 is 2.48 bits per heavy atom. The predicted molar refractivity (Wildman–Crippen MR) is 105 cm³/mol. The van der Waals surface area contributed by atoms with Gasteiger partial charge in [-0.25, -0.2) is 9.97 Å². The van der Waals surface area contributed by atoms with Gasteiger partial charge in [0.2, 0.25) is 11.8 Å². The lowest BCUT2D eigenvalue weighted by Crippen LogP contribution is -2.46. The molecule has 0 bridgehead atoms. The van der Waals surface area contributed by atoms with Crippen molar-refractivity contribution in [1.82, 2.24) is 15.3 Å². The number of nitrogens with one attached hydrogen (secondary N) is 2. The zero-order valence-electron chi connectivity index (χ0n) is 15.4. The molecule has 4 N–H and O–H groups in total. The fourth-order valence-electron chi connectivity index (χ4n) is 2.07. The van der Waals surface area contributed by atoms with Gasteiger partial charge in [0.25, 0.3) is 0 Å². The van der Waals surface area contributed by atoms with Gasteiger partial charge in [-0.3, -0.25) is 9.59 Å². The average molecular weight is 394 g/mol. The number of anilines is 1. The lowest BCUT2D eigenvalue weighted by molar-refractivity contribution is -0.125. The van der Waals surface area contributed by atoms with Crippen LogP contribution in [0.25, 0.3) is 0 Å². The molecule has 9 heteroatoms. The number of aryl methyl sites for hydroxylation is 1. The molecule has 1 aromatic carbocycles. The maximum absolute atomic E-state index is 12.0. The summed E-state index contributed by atoms with van der Waals surface area (Å²) in [5.74, 6) is -0.125. The van der Waals surface area contributed by atoms with Crippen molar-refractivity contribution >= 4 is 29.9 Å². The maximum atomic E-state index is 12.0. The highest BCUT2D eigenvalue weighted by molar-refractivity contribution is 5.95. The molecule has 2 rings (SSSR count). The van der Waals surface area contributed by atoms with Gasteiger partial charge in [-0.05, 0) is 42.7 Å². The van der Waals surface area contributed by atoms with E-state index in [0.29, 0.717) is 11.4 Å². The molecule has 2 aromatic rings. The quantitative estimate of drug-likeness (QED) is 0.662. The number of ether oxygens (including phenoxy) is 1. The monoisotopic (exact) mass is 393 g/mol. The van der Waals surface area contributed by atoms with E-state index >= 15 is 0 Å². The standard InChI is InChI=1S/C18H23N5O3.ClH/c1-11(2)16(19)17(25)22-10-15(24)23-14-6-5-13(9-12(14)3)26-18-20-7-4-8-21-18;/h4-9,11,16H,10,19H2,1-3H3,(H,22,25)(H,23,24);1H/t16-;/m0./s1. The minimum Gasteiger partial charge on any atom is -0.424 e. The molecule has 27 heavy (non-hydrogen) atoms. The number of carbonyl (C=O) groups excluding carboxylic acids is 2. The molecule has 8 nitrogen and oxygen atoms in total. The van der Waals surface area contributed by atoms with E-state index < -0.39 is 6.04 Å². The molecule has 0 aliphatic rings. The van der Waals surface area contributed by atoms with Crippen LogP contribution in [-0.2, 0) is 9.59 Å². The SMILES string of the molecule is Cc1cc(Oc2ncccn2)ccc1NC(=O)CNC(=O)[C@@H](N)C(C)C.Cl. The molecule has 0 fully saturated rings. The van der Waals surface area contributed by atoms with Crippen LogP contribution < -0.4 is 21.1 Å². The molecule has 0 radical (unpaired) electrons. The normalized spacial score (nSPS) is 11.3. The second-order valence-corrected chi connectivity index (χ2v) is 6.15. The smallest absolute Gasteiger partial charge is 0.321 e. The maximum Gasteiger partial charge on any atom is 0.321 e. The van der Waals surface area contributed by atoms with Crippen LogP contribution in [0.5, 0.6) is 11.8 Å². The molecule has 0 aliphatic heterocycles. The molecule has 0 unspecified atom stereocenters. The van der Waals surface area contributed by atoms with Crippen LogP contribution in [0.1, 0.15) is 19.4 Å². The zero-order valence-corrected chi connectivity index (χ0v) is 16.2. The highest BCUT2D eigenvalue weighted by atomic mass is 35.5. The van der Waals surface area contributed by atoms with E-state index in [1.165, 1.54) is 0 Å². The second kappa shape index (κ2) is 10.4. The lowest BCUT2D eigenvalue weighted by atomic mass is 10.1. The molecule has 146 valence electrons. The van der Waals surface area contributed by atoms with Crippen molar-refractivity contribution < 1.29 is 14.3 Å². The molecule has 0 saturated carbocycles. The molecular weight excluding hydrogens is 370 g/mol. The van der Waals surface area contributed by atoms with Crippen LogP contribution >= 0.6 is 12.4 Å². The number of carbonyl (C=O) groups is 2. The number of nitrogens with two attached hydrogens (primary N) is 1. The number of hydrogen-bond donors (Lipinski definition) is 3. The summed E-state index contributed by atoms with van der Waals surface area (Å²) in [7, 11) is 0. The zero-order chi connectivity index (χ0) is 19.1. The van der Waals surface area contributed by atoms with Crippen molar-refractivity contribution in [2.45, 2.75) is 26.8 Å². The summed E-state index contributed by atoms with van der Waals surface area (Å²) in [4.78, 5) is 31.8. The number of rotatable bonds is 7. The van der Waals surface area contributed by atoms with Crippen molar-refractivity contribution in [3.8, 4) is 11.8 Å². The van der Waals surface area contributed by atoms with Gasteiger partial charge in [-0.1, -0.05) is 13.8 Å². The lowest BCUT2D eigenvalue weighted by Gasteiger charge is -2.15.